The number of allylic oxidation sites excluding steroid dienone is 1. The van der Waals surface area contributed by atoms with Crippen molar-refractivity contribution < 1.29 is 13.2 Å². The number of para-hydroxylation sites is 2. The van der Waals surface area contributed by atoms with Gasteiger partial charge in [-0.05, 0) is 36.4 Å². The number of sulfone groups is 1. The van der Waals surface area contributed by atoms with Gasteiger partial charge >= 0.3 is 0 Å². The van der Waals surface area contributed by atoms with E-state index in [-0.39, 0.29) is 27.7 Å². The third-order valence-corrected chi connectivity index (χ3v) is 7.23. The van der Waals surface area contributed by atoms with Gasteiger partial charge in [-0.15, -0.1) is 6.58 Å². The summed E-state index contributed by atoms with van der Waals surface area (Å²) in [5.41, 5.74) is 2.09. The van der Waals surface area contributed by atoms with E-state index < -0.39 is 15.7 Å². The predicted molar refractivity (Wildman–Crippen MR) is 132 cm³/mol. The van der Waals surface area contributed by atoms with Crippen LogP contribution in [0.3, 0.4) is 0 Å². The standard InChI is InChI=1S/C26H20N4O3S/c1-2-17-30-24-22(27-20-15-9-10-16-21(20)28-24)23(34(32,33)19-13-7-4-8-14-19)25(30)29-26(31)18-11-5-3-6-12-18/h2-16H,1,17H2,(H,29,31). The monoisotopic (exact) mass is 468 g/mol. The number of fused-ring (bicyclic) bond motifs is 2. The Balaban J connectivity index is 1.84. The molecule has 7 nitrogen and oxygen atoms in total. The van der Waals surface area contributed by atoms with Crippen molar-refractivity contribution in [1.29, 1.82) is 0 Å². The van der Waals surface area contributed by atoms with Gasteiger partial charge in [-0.1, -0.05) is 54.6 Å². The molecule has 0 atom stereocenters. The molecule has 3 aromatic carbocycles. The van der Waals surface area contributed by atoms with Crippen molar-refractivity contribution in [2.75, 3.05) is 5.32 Å². The Labute approximate surface area is 196 Å². The minimum absolute atomic E-state index is 0.0952. The van der Waals surface area contributed by atoms with E-state index in [2.05, 4.69) is 16.9 Å². The first-order valence-electron chi connectivity index (χ1n) is 10.6. The molecule has 5 rings (SSSR count). The molecule has 2 aromatic heterocycles. The third kappa shape index (κ3) is 3.64. The van der Waals surface area contributed by atoms with Gasteiger partial charge in [-0.3, -0.25) is 4.79 Å². The van der Waals surface area contributed by atoms with Gasteiger partial charge in [0.1, 0.15) is 16.2 Å². The summed E-state index contributed by atoms with van der Waals surface area (Å²) < 4.78 is 29.4. The molecule has 0 fully saturated rings. The van der Waals surface area contributed by atoms with Crippen molar-refractivity contribution >= 4 is 43.8 Å². The van der Waals surface area contributed by atoms with Gasteiger partial charge in [0, 0.05) is 12.1 Å². The minimum atomic E-state index is -4.06. The van der Waals surface area contributed by atoms with Crippen molar-refractivity contribution in [2.45, 2.75) is 16.3 Å². The van der Waals surface area contributed by atoms with Gasteiger partial charge in [-0.2, -0.15) is 0 Å². The lowest BCUT2D eigenvalue weighted by molar-refractivity contribution is 0.102. The molecule has 0 bridgehead atoms. The van der Waals surface area contributed by atoms with Crippen LogP contribution in [0.2, 0.25) is 0 Å². The van der Waals surface area contributed by atoms with Crippen LogP contribution in [0.4, 0.5) is 5.82 Å². The van der Waals surface area contributed by atoms with E-state index in [1.54, 1.807) is 71.3 Å². The van der Waals surface area contributed by atoms with Crippen LogP contribution in [0.15, 0.2) is 107 Å². The Hall–Kier alpha value is -4.30. The van der Waals surface area contributed by atoms with Gasteiger partial charge in [-0.25, -0.2) is 18.4 Å². The molecule has 0 aliphatic heterocycles. The predicted octanol–water partition coefficient (Wildman–Crippen LogP) is 4.86. The summed E-state index contributed by atoms with van der Waals surface area (Å²) in [5.74, 6) is -0.342. The fraction of sp³-hybridized carbons (Fsp3) is 0.0385. The number of carbonyl (C=O) groups is 1. The second-order valence-electron chi connectivity index (χ2n) is 7.60. The lowest BCUT2D eigenvalue weighted by Gasteiger charge is -2.12. The quantitative estimate of drug-likeness (QED) is 0.359. The number of hydrogen-bond donors (Lipinski definition) is 1. The second-order valence-corrected chi connectivity index (χ2v) is 9.48. The van der Waals surface area contributed by atoms with Crippen molar-refractivity contribution in [3.05, 3.63) is 103 Å². The number of benzene rings is 3. The average molecular weight is 469 g/mol. The number of amides is 1. The van der Waals surface area contributed by atoms with E-state index in [1.165, 1.54) is 12.1 Å². The number of nitrogens with zero attached hydrogens (tertiary/aromatic N) is 3. The highest BCUT2D eigenvalue weighted by molar-refractivity contribution is 7.92. The zero-order valence-corrected chi connectivity index (χ0v) is 18.9. The van der Waals surface area contributed by atoms with Crippen molar-refractivity contribution in [3.8, 4) is 0 Å². The number of anilines is 1. The van der Waals surface area contributed by atoms with Crippen LogP contribution in [-0.4, -0.2) is 28.9 Å². The van der Waals surface area contributed by atoms with Gasteiger partial charge < -0.3 is 9.88 Å². The lowest BCUT2D eigenvalue weighted by atomic mass is 10.2. The highest BCUT2D eigenvalue weighted by Crippen LogP contribution is 2.37. The molecule has 0 aliphatic carbocycles. The molecule has 0 saturated carbocycles. The summed E-state index contributed by atoms with van der Waals surface area (Å²) in [6, 6.07) is 23.9. The van der Waals surface area contributed by atoms with E-state index in [9.17, 15) is 13.2 Å². The van der Waals surface area contributed by atoms with Gasteiger partial charge in [0.2, 0.25) is 9.84 Å². The molecular weight excluding hydrogens is 448 g/mol. The Kier molecular flexibility index (Phi) is 5.43. The molecule has 0 unspecified atom stereocenters. The fourth-order valence-corrected chi connectivity index (χ4v) is 5.40. The normalized spacial score (nSPS) is 11.5. The van der Waals surface area contributed by atoms with Crippen LogP contribution >= 0.6 is 0 Å². The van der Waals surface area contributed by atoms with Gasteiger partial charge in [0.25, 0.3) is 5.91 Å². The summed E-state index contributed by atoms with van der Waals surface area (Å²) in [6.07, 6.45) is 1.62. The molecule has 0 saturated heterocycles. The van der Waals surface area contributed by atoms with E-state index in [0.29, 0.717) is 22.2 Å². The van der Waals surface area contributed by atoms with E-state index in [4.69, 9.17) is 4.98 Å². The molecule has 34 heavy (non-hydrogen) atoms. The Morgan fingerprint density at radius 3 is 2.12 bits per heavy atom. The molecule has 5 aromatic rings. The molecule has 0 spiro atoms. The maximum absolute atomic E-state index is 13.9. The molecule has 168 valence electrons. The van der Waals surface area contributed by atoms with Crippen molar-refractivity contribution in [2.24, 2.45) is 0 Å². The second kappa shape index (κ2) is 8.57. The zero-order valence-electron chi connectivity index (χ0n) is 18.0. The summed E-state index contributed by atoms with van der Waals surface area (Å²) in [7, 11) is -4.06. The maximum Gasteiger partial charge on any atom is 0.256 e. The van der Waals surface area contributed by atoms with Gasteiger partial charge in [0.15, 0.2) is 5.65 Å². The van der Waals surface area contributed by atoms with Crippen molar-refractivity contribution in [3.63, 3.8) is 0 Å². The zero-order chi connectivity index (χ0) is 23.7. The molecule has 0 aliphatic rings. The number of aromatic nitrogens is 3. The van der Waals surface area contributed by atoms with Crippen LogP contribution in [-0.2, 0) is 16.4 Å². The Morgan fingerprint density at radius 1 is 0.882 bits per heavy atom. The number of nitrogens with one attached hydrogen (secondary N) is 1. The molecule has 8 heteroatoms. The topological polar surface area (TPSA) is 94.0 Å². The van der Waals surface area contributed by atoms with Crippen LogP contribution in [0.1, 0.15) is 10.4 Å². The minimum Gasteiger partial charge on any atom is -0.307 e. The Bertz CT molecular complexity index is 1640. The summed E-state index contributed by atoms with van der Waals surface area (Å²) >= 11 is 0. The molecule has 1 amide bonds. The first-order chi connectivity index (χ1) is 16.5. The lowest BCUT2D eigenvalue weighted by Crippen LogP contribution is -2.17. The highest BCUT2D eigenvalue weighted by atomic mass is 32.2. The fourth-order valence-electron chi connectivity index (χ4n) is 3.84. The highest BCUT2D eigenvalue weighted by Gasteiger charge is 2.32. The van der Waals surface area contributed by atoms with Crippen LogP contribution in [0.5, 0.6) is 0 Å². The van der Waals surface area contributed by atoms with Gasteiger partial charge in [0.05, 0.1) is 15.9 Å². The Morgan fingerprint density at radius 2 is 1.47 bits per heavy atom. The van der Waals surface area contributed by atoms with E-state index in [1.807, 2.05) is 12.1 Å². The van der Waals surface area contributed by atoms with Crippen molar-refractivity contribution in [1.82, 2.24) is 14.5 Å². The molecular formula is C26H20N4O3S. The number of hydrogen-bond acceptors (Lipinski definition) is 5. The van der Waals surface area contributed by atoms with E-state index in [0.717, 1.165) is 0 Å². The third-order valence-electron chi connectivity index (χ3n) is 5.41. The largest absolute Gasteiger partial charge is 0.307 e. The maximum atomic E-state index is 13.9. The summed E-state index contributed by atoms with van der Waals surface area (Å²) in [4.78, 5) is 22.5. The molecule has 0 radical (unpaired) electrons. The van der Waals surface area contributed by atoms with Crippen LogP contribution < -0.4 is 5.32 Å². The number of rotatable bonds is 6. The average Bonchev–Trinajstić information content (AvgIpc) is 3.16. The summed E-state index contributed by atoms with van der Waals surface area (Å²) in [5, 5.41) is 2.82. The number of carbonyl (C=O) groups excluding carboxylic acids is 1. The molecule has 2 heterocycles. The summed E-state index contributed by atoms with van der Waals surface area (Å²) in [6.45, 7) is 4.02. The van der Waals surface area contributed by atoms with E-state index >= 15 is 0 Å². The SMILES string of the molecule is C=CCn1c(NC(=O)c2ccccc2)c(S(=O)(=O)c2ccccc2)c2nc3ccccc3nc21. The first kappa shape index (κ1) is 21.5. The first-order valence-corrected chi connectivity index (χ1v) is 12.1. The van der Waals surface area contributed by atoms with Crippen LogP contribution in [0.25, 0.3) is 22.2 Å². The van der Waals surface area contributed by atoms with Crippen LogP contribution in [0, 0.1) is 0 Å². The molecule has 1 N–H and O–H groups in total. The smallest absolute Gasteiger partial charge is 0.256 e.